The van der Waals surface area contributed by atoms with Crippen molar-refractivity contribution in [1.82, 2.24) is 10.2 Å². The van der Waals surface area contributed by atoms with Crippen molar-refractivity contribution in [2.75, 3.05) is 12.8 Å². The first-order chi connectivity index (χ1) is 27.1. The Morgan fingerprint density at radius 3 is 1.84 bits per heavy atom. The number of esters is 1. The normalized spacial score (nSPS) is 13.7. The van der Waals surface area contributed by atoms with Crippen molar-refractivity contribution < 1.29 is 22.7 Å². The predicted octanol–water partition coefficient (Wildman–Crippen LogP) is 8.83. The molecule has 0 radical (unpaired) electrons. The van der Waals surface area contributed by atoms with Crippen LogP contribution < -0.4 is 5.32 Å². The molecular weight excluding hydrogens is 763 g/mol. The van der Waals surface area contributed by atoms with E-state index in [1.54, 1.807) is 18.2 Å². The summed E-state index contributed by atoms with van der Waals surface area (Å²) in [4.78, 5) is 30.3. The van der Waals surface area contributed by atoms with Crippen LogP contribution in [-0.2, 0) is 50.9 Å². The van der Waals surface area contributed by atoms with E-state index in [0.29, 0.717) is 25.1 Å². The van der Waals surface area contributed by atoms with Crippen molar-refractivity contribution in [1.29, 1.82) is 0 Å². The Balaban J connectivity index is 1.22. The highest BCUT2D eigenvalue weighted by Gasteiger charge is 2.44. The molecule has 6 aromatic carbocycles. The lowest BCUT2D eigenvalue weighted by atomic mass is 9.74. The molecular formula is C46H40Cl2N2O5S. The number of sulfone groups is 1. The summed E-state index contributed by atoms with van der Waals surface area (Å²) in [6.45, 7) is 1.09. The third kappa shape index (κ3) is 8.15. The molecule has 1 atom stereocenters. The number of hydrogen-bond acceptors (Lipinski definition) is 6. The second-order valence-corrected chi connectivity index (χ2v) is 16.7. The molecule has 6 aromatic rings. The van der Waals surface area contributed by atoms with Gasteiger partial charge in [0.15, 0.2) is 9.84 Å². The first-order valence-electron chi connectivity index (χ1n) is 18.3. The number of nitrogens with zero attached hydrogens (tertiary/aromatic N) is 1. The zero-order valence-corrected chi connectivity index (χ0v) is 33.0. The van der Waals surface area contributed by atoms with Gasteiger partial charge in [-0.25, -0.2) is 13.2 Å². The molecule has 1 heterocycles. The molecule has 1 aliphatic heterocycles. The van der Waals surface area contributed by atoms with Gasteiger partial charge in [0.1, 0.15) is 12.6 Å². The highest BCUT2D eigenvalue weighted by molar-refractivity contribution is 7.90. The van der Waals surface area contributed by atoms with Crippen LogP contribution in [0.15, 0.2) is 157 Å². The van der Waals surface area contributed by atoms with Crippen LogP contribution in [0.4, 0.5) is 0 Å². The van der Waals surface area contributed by atoms with Crippen LogP contribution in [0.25, 0.3) is 0 Å². The molecule has 0 saturated carbocycles. The van der Waals surface area contributed by atoms with Crippen LogP contribution in [0, 0.1) is 0 Å². The molecule has 0 aromatic heterocycles. The van der Waals surface area contributed by atoms with Crippen LogP contribution in [0.2, 0.25) is 10.0 Å². The molecule has 1 N–H and O–H groups in total. The summed E-state index contributed by atoms with van der Waals surface area (Å²) in [6, 6.07) is 47.4. The highest BCUT2D eigenvalue weighted by atomic mass is 35.5. The Morgan fingerprint density at radius 2 is 1.29 bits per heavy atom. The Labute approximate surface area is 337 Å². The third-order valence-corrected chi connectivity index (χ3v) is 12.1. The highest BCUT2D eigenvalue weighted by Crippen LogP contribution is 2.46. The number of halogens is 2. The van der Waals surface area contributed by atoms with E-state index in [2.05, 4.69) is 83.0 Å². The van der Waals surface area contributed by atoms with E-state index in [0.717, 1.165) is 39.6 Å². The fourth-order valence-corrected chi connectivity index (χ4v) is 9.08. The minimum Gasteiger partial charge on any atom is -0.459 e. The number of benzene rings is 6. The molecule has 10 heteroatoms. The van der Waals surface area contributed by atoms with Gasteiger partial charge in [0.25, 0.3) is 5.91 Å². The SMILES string of the molecule is CS(=O)(=O)c1cccc(CC(NC(=O)c2c(Cl)cc3c(c2Cl)CCN(C(c2ccccc2)(c2ccccc2)c2ccccc2)C3)C(=O)OCc2ccccc2)c1. The van der Waals surface area contributed by atoms with Crippen molar-refractivity contribution in [3.63, 3.8) is 0 Å². The van der Waals surface area contributed by atoms with Gasteiger partial charge in [0, 0.05) is 25.8 Å². The van der Waals surface area contributed by atoms with Gasteiger partial charge in [-0.15, -0.1) is 0 Å². The van der Waals surface area contributed by atoms with Gasteiger partial charge in [-0.3, -0.25) is 9.69 Å². The number of rotatable bonds is 12. The van der Waals surface area contributed by atoms with Gasteiger partial charge >= 0.3 is 5.97 Å². The Hall–Kier alpha value is -5.25. The van der Waals surface area contributed by atoms with Crippen molar-refractivity contribution in [3.8, 4) is 0 Å². The summed E-state index contributed by atoms with van der Waals surface area (Å²) >= 11 is 14.1. The molecule has 0 saturated heterocycles. The molecule has 1 amide bonds. The lowest BCUT2D eigenvalue weighted by molar-refractivity contribution is -0.147. The fourth-order valence-electron chi connectivity index (χ4n) is 7.62. The molecule has 56 heavy (non-hydrogen) atoms. The Morgan fingerprint density at radius 1 is 0.750 bits per heavy atom. The molecule has 0 aliphatic carbocycles. The molecule has 0 spiro atoms. The maximum Gasteiger partial charge on any atom is 0.329 e. The predicted molar refractivity (Wildman–Crippen MR) is 221 cm³/mol. The summed E-state index contributed by atoms with van der Waals surface area (Å²) in [6.07, 6.45) is 1.61. The van der Waals surface area contributed by atoms with Gasteiger partial charge in [-0.2, -0.15) is 0 Å². The second-order valence-electron chi connectivity index (χ2n) is 13.9. The molecule has 0 bridgehead atoms. The monoisotopic (exact) mass is 802 g/mol. The summed E-state index contributed by atoms with van der Waals surface area (Å²) in [5, 5.41) is 3.19. The van der Waals surface area contributed by atoms with E-state index < -0.39 is 33.3 Å². The second kappa shape index (κ2) is 16.9. The molecule has 1 aliphatic rings. The Bertz CT molecular complexity index is 2350. The number of carbonyl (C=O) groups is 2. The van der Waals surface area contributed by atoms with Crippen molar-refractivity contribution in [3.05, 3.63) is 206 Å². The van der Waals surface area contributed by atoms with Crippen LogP contribution in [0.3, 0.4) is 0 Å². The number of hydrogen-bond donors (Lipinski definition) is 1. The summed E-state index contributed by atoms with van der Waals surface area (Å²) in [5.74, 6) is -1.33. The van der Waals surface area contributed by atoms with Crippen molar-refractivity contribution >= 4 is 44.9 Å². The van der Waals surface area contributed by atoms with Crippen LogP contribution >= 0.6 is 23.2 Å². The number of fused-ring (bicyclic) bond motifs is 1. The largest absolute Gasteiger partial charge is 0.459 e. The van der Waals surface area contributed by atoms with Crippen LogP contribution in [0.5, 0.6) is 0 Å². The molecule has 7 nitrogen and oxygen atoms in total. The van der Waals surface area contributed by atoms with Crippen LogP contribution in [-0.4, -0.2) is 44.0 Å². The molecule has 284 valence electrons. The van der Waals surface area contributed by atoms with E-state index in [1.807, 2.05) is 48.5 Å². The zero-order chi connectivity index (χ0) is 39.3. The maximum atomic E-state index is 14.2. The maximum absolute atomic E-state index is 14.2. The Kier molecular flexibility index (Phi) is 11.7. The van der Waals surface area contributed by atoms with Gasteiger partial charge in [-0.1, -0.05) is 157 Å². The van der Waals surface area contributed by atoms with Gasteiger partial charge in [0.2, 0.25) is 0 Å². The van der Waals surface area contributed by atoms with Gasteiger partial charge in [0.05, 0.1) is 26.0 Å². The van der Waals surface area contributed by atoms with E-state index in [4.69, 9.17) is 27.9 Å². The van der Waals surface area contributed by atoms with E-state index in [9.17, 15) is 18.0 Å². The number of ether oxygens (including phenoxy) is 1. The van der Waals surface area contributed by atoms with Crippen molar-refractivity contribution in [2.45, 2.75) is 42.5 Å². The van der Waals surface area contributed by atoms with Gasteiger partial charge < -0.3 is 10.1 Å². The third-order valence-electron chi connectivity index (χ3n) is 10.3. The zero-order valence-electron chi connectivity index (χ0n) is 30.7. The average Bonchev–Trinajstić information content (AvgIpc) is 3.21. The lowest BCUT2D eigenvalue weighted by Crippen LogP contribution is -2.50. The van der Waals surface area contributed by atoms with E-state index >= 15 is 0 Å². The molecule has 7 rings (SSSR count). The molecule has 1 unspecified atom stereocenters. The van der Waals surface area contributed by atoms with Crippen LogP contribution in [0.1, 0.15) is 49.3 Å². The summed E-state index contributed by atoms with van der Waals surface area (Å²) in [5.41, 5.74) is 5.75. The first kappa shape index (κ1) is 39.0. The minimum absolute atomic E-state index is 0.0112. The minimum atomic E-state index is -3.52. The van der Waals surface area contributed by atoms with Gasteiger partial charge in [-0.05, 0) is 63.6 Å². The number of nitrogens with one attached hydrogen (secondary N) is 1. The smallest absolute Gasteiger partial charge is 0.329 e. The quantitative estimate of drug-likeness (QED) is 0.0983. The fraction of sp³-hybridized carbons (Fsp3) is 0.174. The van der Waals surface area contributed by atoms with Crippen molar-refractivity contribution in [2.24, 2.45) is 0 Å². The summed E-state index contributed by atoms with van der Waals surface area (Å²) in [7, 11) is -3.52. The number of amides is 1. The van der Waals surface area contributed by atoms with E-state index in [1.165, 1.54) is 12.1 Å². The van der Waals surface area contributed by atoms with E-state index in [-0.39, 0.29) is 33.5 Å². The average molecular weight is 804 g/mol. The topological polar surface area (TPSA) is 92.8 Å². The first-order valence-corrected chi connectivity index (χ1v) is 20.9. The standard InChI is InChI=1S/C46H40Cl2N2O5S/c1-56(53,54)38-24-14-17-33(27-38)28-41(45(52)55-31-32-15-6-2-7-16-32)49-44(51)42-40(47)29-34-30-50(26-25-39(34)43(42)48)46(35-18-8-3-9-19-35,36-20-10-4-11-21-36)37-22-12-5-13-23-37/h2-24,27,29,41H,25-26,28,30-31H2,1H3,(H,49,51). The molecule has 0 fully saturated rings. The summed E-state index contributed by atoms with van der Waals surface area (Å²) < 4.78 is 30.3. The lowest BCUT2D eigenvalue weighted by Gasteiger charge is -2.48. The number of carbonyl (C=O) groups excluding carboxylic acids is 2.